The summed E-state index contributed by atoms with van der Waals surface area (Å²) in [7, 11) is 0. The molecule has 6 heteroatoms. The van der Waals surface area contributed by atoms with Crippen molar-refractivity contribution in [2.24, 2.45) is 0 Å². The van der Waals surface area contributed by atoms with Crippen LogP contribution in [0, 0.1) is 0 Å². The third-order valence-electron chi connectivity index (χ3n) is 3.42. The molecule has 108 valence electrons. The molecule has 20 heavy (non-hydrogen) atoms. The smallest absolute Gasteiger partial charge is 0.335 e. The van der Waals surface area contributed by atoms with Gasteiger partial charge in [0.05, 0.1) is 5.57 Å². The predicted molar refractivity (Wildman–Crippen MR) is 68.3 cm³/mol. The molecule has 0 aromatic carbocycles. The molecule has 2 rings (SSSR count). The number of carboxylic acids is 1. The Balaban J connectivity index is 1.94. The van der Waals surface area contributed by atoms with Crippen molar-refractivity contribution in [3.8, 4) is 0 Å². The van der Waals surface area contributed by atoms with Crippen LogP contribution >= 0.6 is 0 Å². The number of hydrogen-bond donors (Lipinski definition) is 1. The molecule has 0 spiro atoms. The number of allylic oxidation sites excluding steroid dienone is 3. The van der Waals surface area contributed by atoms with E-state index in [1.807, 2.05) is 0 Å². The number of carboxylic acid groups (broad SMARTS) is 1. The fraction of sp³-hybridized carbons (Fsp3) is 0.429. The van der Waals surface area contributed by atoms with E-state index in [0.717, 1.165) is 10.5 Å². The lowest BCUT2D eigenvalue weighted by atomic mass is 10.1. The lowest BCUT2D eigenvalue weighted by Crippen LogP contribution is -2.34. The van der Waals surface area contributed by atoms with Gasteiger partial charge in [-0.25, -0.2) is 4.79 Å². The summed E-state index contributed by atoms with van der Waals surface area (Å²) in [6.45, 7) is 0.315. The van der Waals surface area contributed by atoms with Gasteiger partial charge in [0, 0.05) is 19.5 Å². The number of carbonyl (C=O) groups is 2. The van der Waals surface area contributed by atoms with Crippen LogP contribution in [0.3, 0.4) is 0 Å². The topological polar surface area (TPSA) is 57.6 Å². The van der Waals surface area contributed by atoms with Gasteiger partial charge in [-0.05, 0) is 18.9 Å². The van der Waals surface area contributed by atoms with Crippen molar-refractivity contribution in [3.63, 3.8) is 0 Å². The van der Waals surface area contributed by atoms with Gasteiger partial charge in [0.25, 0.3) is 5.91 Å². The molecule has 2 aliphatic rings. The molecule has 0 bridgehead atoms. The first-order valence-corrected chi connectivity index (χ1v) is 6.37. The zero-order valence-electron chi connectivity index (χ0n) is 10.8. The van der Waals surface area contributed by atoms with Crippen LogP contribution in [0.4, 0.5) is 8.78 Å². The summed E-state index contributed by atoms with van der Waals surface area (Å²) >= 11 is 0. The van der Waals surface area contributed by atoms with Gasteiger partial charge < -0.3 is 10.0 Å². The third-order valence-corrected chi connectivity index (χ3v) is 3.42. The van der Waals surface area contributed by atoms with Crippen molar-refractivity contribution in [2.45, 2.75) is 25.2 Å². The molecular formula is C14H15F2NO3. The van der Waals surface area contributed by atoms with Crippen molar-refractivity contribution < 1.29 is 23.5 Å². The van der Waals surface area contributed by atoms with E-state index in [1.54, 1.807) is 12.2 Å². The summed E-state index contributed by atoms with van der Waals surface area (Å²) in [6, 6.07) is 0. The molecule has 0 aromatic rings. The Morgan fingerprint density at radius 3 is 2.75 bits per heavy atom. The van der Waals surface area contributed by atoms with Gasteiger partial charge in [0.15, 0.2) is 0 Å². The third kappa shape index (κ3) is 3.12. The number of likely N-dealkylation sites (tertiary alicyclic amines) is 1. The van der Waals surface area contributed by atoms with Crippen molar-refractivity contribution in [1.82, 2.24) is 4.90 Å². The Kier molecular flexibility index (Phi) is 4.01. The molecule has 4 nitrogen and oxygen atoms in total. The minimum Gasteiger partial charge on any atom is -0.478 e. The molecule has 1 saturated heterocycles. The van der Waals surface area contributed by atoms with Crippen LogP contribution in [0.2, 0.25) is 0 Å². The minimum absolute atomic E-state index is 0.0746. The Bertz CT molecular complexity index is 521. The molecule has 0 unspecified atom stereocenters. The van der Waals surface area contributed by atoms with E-state index in [0.29, 0.717) is 12.8 Å². The first-order valence-electron chi connectivity index (χ1n) is 6.37. The van der Waals surface area contributed by atoms with Crippen LogP contribution in [0.15, 0.2) is 35.5 Å². The Hall–Kier alpha value is -1.98. The zero-order chi connectivity index (χ0) is 14.8. The number of amides is 1. The molecule has 1 amide bonds. The highest BCUT2D eigenvalue weighted by atomic mass is 19.3. The van der Waals surface area contributed by atoms with Crippen LogP contribution in [0.25, 0.3) is 0 Å². The number of rotatable bonds is 4. The van der Waals surface area contributed by atoms with Gasteiger partial charge in [-0.3, -0.25) is 4.79 Å². The standard InChI is InChI=1S/C14H15F2NO3/c15-14(16)7-9-17(13(14)20)8-6-10-2-1-3-11(5-4-10)12(18)19/h1,3-5H,2,6-9H2,(H,18,19). The van der Waals surface area contributed by atoms with E-state index < -0.39 is 24.2 Å². The van der Waals surface area contributed by atoms with E-state index in [1.165, 1.54) is 12.2 Å². The van der Waals surface area contributed by atoms with Crippen LogP contribution in [0.5, 0.6) is 0 Å². The molecule has 1 heterocycles. The van der Waals surface area contributed by atoms with Gasteiger partial charge in [0.1, 0.15) is 0 Å². The Morgan fingerprint density at radius 2 is 2.15 bits per heavy atom. The van der Waals surface area contributed by atoms with Crippen LogP contribution < -0.4 is 0 Å². The summed E-state index contributed by atoms with van der Waals surface area (Å²) in [5.74, 6) is -5.34. The number of hydrogen-bond acceptors (Lipinski definition) is 2. The van der Waals surface area contributed by atoms with E-state index in [-0.39, 0.29) is 18.7 Å². The molecule has 1 aliphatic heterocycles. The zero-order valence-corrected chi connectivity index (χ0v) is 10.8. The van der Waals surface area contributed by atoms with Crippen LogP contribution in [-0.2, 0) is 9.59 Å². The second-order valence-corrected chi connectivity index (χ2v) is 4.86. The van der Waals surface area contributed by atoms with Crippen LogP contribution in [-0.4, -0.2) is 40.9 Å². The lowest BCUT2D eigenvalue weighted by Gasteiger charge is -2.16. The molecule has 0 saturated carbocycles. The second-order valence-electron chi connectivity index (χ2n) is 4.86. The number of carbonyl (C=O) groups excluding carboxylic acids is 1. The molecule has 0 aromatic heterocycles. The largest absolute Gasteiger partial charge is 0.478 e. The minimum atomic E-state index is -3.23. The van der Waals surface area contributed by atoms with Gasteiger partial charge in [0.2, 0.25) is 0 Å². The second kappa shape index (κ2) is 5.56. The summed E-state index contributed by atoms with van der Waals surface area (Å²) < 4.78 is 26.1. The fourth-order valence-electron chi connectivity index (χ4n) is 2.20. The maximum Gasteiger partial charge on any atom is 0.335 e. The first-order chi connectivity index (χ1) is 9.40. The highest BCUT2D eigenvalue weighted by molar-refractivity contribution is 5.90. The highest BCUT2D eigenvalue weighted by Crippen LogP contribution is 2.29. The monoisotopic (exact) mass is 283 g/mol. The van der Waals surface area contributed by atoms with Gasteiger partial charge in [-0.15, -0.1) is 0 Å². The normalized spacial score (nSPS) is 21.5. The fourth-order valence-corrected chi connectivity index (χ4v) is 2.20. The molecule has 1 N–H and O–H groups in total. The van der Waals surface area contributed by atoms with Gasteiger partial charge >= 0.3 is 11.9 Å². The average Bonchev–Trinajstić information content (AvgIpc) is 2.60. The molecule has 0 radical (unpaired) electrons. The molecule has 1 fully saturated rings. The summed E-state index contributed by atoms with van der Waals surface area (Å²) in [5, 5.41) is 8.86. The van der Waals surface area contributed by atoms with E-state index >= 15 is 0 Å². The van der Waals surface area contributed by atoms with Crippen molar-refractivity contribution in [1.29, 1.82) is 0 Å². The molecule has 0 atom stereocenters. The quantitative estimate of drug-likeness (QED) is 0.860. The molecular weight excluding hydrogens is 268 g/mol. The Labute approximate surface area is 115 Å². The van der Waals surface area contributed by atoms with Crippen molar-refractivity contribution in [2.75, 3.05) is 13.1 Å². The molecule has 1 aliphatic carbocycles. The number of aliphatic carboxylic acids is 1. The lowest BCUT2D eigenvalue weighted by molar-refractivity contribution is -0.147. The number of alkyl halides is 2. The number of halogens is 2. The highest BCUT2D eigenvalue weighted by Gasteiger charge is 2.47. The van der Waals surface area contributed by atoms with E-state index in [4.69, 9.17) is 5.11 Å². The maximum absolute atomic E-state index is 13.1. The van der Waals surface area contributed by atoms with Crippen LogP contribution in [0.1, 0.15) is 19.3 Å². The van der Waals surface area contributed by atoms with Gasteiger partial charge in [-0.2, -0.15) is 8.78 Å². The first kappa shape index (κ1) is 14.4. The predicted octanol–water partition coefficient (Wildman–Crippen LogP) is 2.14. The average molecular weight is 283 g/mol. The van der Waals surface area contributed by atoms with E-state index in [9.17, 15) is 18.4 Å². The SMILES string of the molecule is O=C(O)C1=CC=C(CCN2CCC(F)(F)C2=O)CC=C1. The van der Waals surface area contributed by atoms with Crippen molar-refractivity contribution >= 4 is 11.9 Å². The summed E-state index contributed by atoms with van der Waals surface area (Å²) in [6.07, 6.45) is 7.01. The van der Waals surface area contributed by atoms with E-state index in [2.05, 4.69) is 0 Å². The Morgan fingerprint density at radius 1 is 1.40 bits per heavy atom. The maximum atomic E-state index is 13.1. The summed E-state index contributed by atoms with van der Waals surface area (Å²) in [4.78, 5) is 23.3. The van der Waals surface area contributed by atoms with Gasteiger partial charge in [-0.1, -0.05) is 23.8 Å². The summed E-state index contributed by atoms with van der Waals surface area (Å²) in [5.41, 5.74) is 1.10. The van der Waals surface area contributed by atoms with Crippen molar-refractivity contribution in [3.05, 3.63) is 35.5 Å². The number of nitrogens with zero attached hydrogens (tertiary/aromatic N) is 1.